The summed E-state index contributed by atoms with van der Waals surface area (Å²) in [6, 6.07) is 0.0890. The van der Waals surface area contributed by atoms with Crippen LogP contribution in [0.3, 0.4) is 0 Å². The zero-order valence-electron chi connectivity index (χ0n) is 10.6. The van der Waals surface area contributed by atoms with E-state index in [1.807, 2.05) is 19.9 Å². The number of hydrogen-bond donors (Lipinski definition) is 2. The number of carbonyl (C=O) groups is 1. The summed E-state index contributed by atoms with van der Waals surface area (Å²) in [6.45, 7) is 3.99. The molecular formula is C14H21NO2. The maximum Gasteiger partial charge on any atom is 0.220 e. The molecule has 1 heterocycles. The van der Waals surface area contributed by atoms with Crippen LogP contribution in [0.15, 0.2) is 12.2 Å². The molecule has 1 rings (SSSR count). The average molecular weight is 235 g/mol. The van der Waals surface area contributed by atoms with Crippen LogP contribution in [-0.4, -0.2) is 23.2 Å². The lowest BCUT2D eigenvalue weighted by Crippen LogP contribution is -2.24. The van der Waals surface area contributed by atoms with Crippen molar-refractivity contribution in [2.45, 2.75) is 51.7 Å². The normalized spacial score (nSPS) is 23.0. The second-order valence-corrected chi connectivity index (χ2v) is 4.48. The Morgan fingerprint density at radius 2 is 2.35 bits per heavy atom. The lowest BCUT2D eigenvalue weighted by Gasteiger charge is -2.13. The van der Waals surface area contributed by atoms with Gasteiger partial charge in [-0.2, -0.15) is 0 Å². The van der Waals surface area contributed by atoms with Gasteiger partial charge in [-0.15, -0.1) is 11.8 Å². The Morgan fingerprint density at radius 1 is 1.59 bits per heavy atom. The highest BCUT2D eigenvalue weighted by molar-refractivity contribution is 5.78. The Bertz CT molecular complexity index is 338. The third kappa shape index (κ3) is 5.06. The van der Waals surface area contributed by atoms with Crippen molar-refractivity contribution < 1.29 is 9.90 Å². The maximum atomic E-state index is 11.0. The molecule has 0 bridgehead atoms. The SMILES string of the molecule is CCC#CC[C@H](C)[C@H](O)/C=C/[C@H]1CCC(=O)N1. The average Bonchev–Trinajstić information content (AvgIpc) is 2.72. The summed E-state index contributed by atoms with van der Waals surface area (Å²) >= 11 is 0. The Kier molecular flexibility index (Phi) is 5.79. The van der Waals surface area contributed by atoms with Crippen LogP contribution in [-0.2, 0) is 4.79 Å². The molecule has 1 fully saturated rings. The monoisotopic (exact) mass is 235 g/mol. The van der Waals surface area contributed by atoms with Crippen molar-refractivity contribution in [2.75, 3.05) is 0 Å². The number of aliphatic hydroxyl groups is 1. The summed E-state index contributed by atoms with van der Waals surface area (Å²) in [4.78, 5) is 11.0. The van der Waals surface area contributed by atoms with Gasteiger partial charge in [0.05, 0.1) is 6.10 Å². The molecule has 17 heavy (non-hydrogen) atoms. The Balaban J connectivity index is 2.34. The Labute approximate surface area is 103 Å². The van der Waals surface area contributed by atoms with E-state index in [1.165, 1.54) is 0 Å². The van der Waals surface area contributed by atoms with E-state index in [0.717, 1.165) is 12.8 Å². The fraction of sp³-hybridized carbons (Fsp3) is 0.643. The molecule has 1 saturated heterocycles. The van der Waals surface area contributed by atoms with E-state index in [2.05, 4.69) is 17.2 Å². The summed E-state index contributed by atoms with van der Waals surface area (Å²) in [5.74, 6) is 6.25. The van der Waals surface area contributed by atoms with Crippen molar-refractivity contribution in [2.24, 2.45) is 5.92 Å². The molecule has 0 aromatic heterocycles. The van der Waals surface area contributed by atoms with Crippen LogP contribution in [0.25, 0.3) is 0 Å². The predicted octanol–water partition coefficient (Wildman–Crippen LogP) is 1.62. The summed E-state index contributed by atoms with van der Waals surface area (Å²) in [5, 5.41) is 12.7. The lowest BCUT2D eigenvalue weighted by atomic mass is 10.00. The molecule has 1 amide bonds. The van der Waals surface area contributed by atoms with E-state index in [1.54, 1.807) is 6.08 Å². The number of aliphatic hydroxyl groups excluding tert-OH is 1. The summed E-state index contributed by atoms with van der Waals surface area (Å²) in [7, 11) is 0. The van der Waals surface area contributed by atoms with Gasteiger partial charge in [-0.3, -0.25) is 4.79 Å². The molecule has 3 heteroatoms. The van der Waals surface area contributed by atoms with Gasteiger partial charge >= 0.3 is 0 Å². The summed E-state index contributed by atoms with van der Waals surface area (Å²) < 4.78 is 0. The summed E-state index contributed by atoms with van der Waals surface area (Å²) in [5.41, 5.74) is 0. The van der Waals surface area contributed by atoms with Crippen LogP contribution < -0.4 is 5.32 Å². The maximum absolute atomic E-state index is 11.0. The lowest BCUT2D eigenvalue weighted by molar-refractivity contribution is -0.119. The van der Waals surface area contributed by atoms with Gasteiger partial charge in [-0.25, -0.2) is 0 Å². The smallest absolute Gasteiger partial charge is 0.220 e. The molecule has 0 spiro atoms. The first kappa shape index (κ1) is 13.8. The second kappa shape index (κ2) is 7.13. The number of carbonyl (C=O) groups excluding carboxylic acids is 1. The van der Waals surface area contributed by atoms with Crippen molar-refractivity contribution >= 4 is 5.91 Å². The molecule has 3 atom stereocenters. The van der Waals surface area contributed by atoms with E-state index < -0.39 is 6.10 Å². The minimum atomic E-state index is -0.487. The summed E-state index contributed by atoms with van der Waals surface area (Å²) in [6.07, 6.45) is 6.14. The van der Waals surface area contributed by atoms with E-state index in [0.29, 0.717) is 12.8 Å². The predicted molar refractivity (Wildman–Crippen MR) is 68.2 cm³/mol. The molecule has 0 saturated carbocycles. The molecule has 1 aliphatic heterocycles. The zero-order chi connectivity index (χ0) is 12.7. The molecule has 3 nitrogen and oxygen atoms in total. The molecule has 0 unspecified atom stereocenters. The molecule has 0 aromatic rings. The highest BCUT2D eigenvalue weighted by Gasteiger charge is 2.18. The number of hydrogen-bond acceptors (Lipinski definition) is 2. The first-order chi connectivity index (χ1) is 8.13. The van der Waals surface area contributed by atoms with E-state index in [9.17, 15) is 9.90 Å². The third-order valence-corrected chi connectivity index (χ3v) is 2.88. The van der Waals surface area contributed by atoms with Crippen LogP contribution in [0.1, 0.15) is 39.5 Å². The third-order valence-electron chi connectivity index (χ3n) is 2.88. The van der Waals surface area contributed by atoms with Gasteiger partial charge in [0, 0.05) is 25.3 Å². The molecule has 0 aromatic carbocycles. The highest BCUT2D eigenvalue weighted by atomic mass is 16.3. The van der Waals surface area contributed by atoms with Crippen molar-refractivity contribution in [3.63, 3.8) is 0 Å². The topological polar surface area (TPSA) is 49.3 Å². The van der Waals surface area contributed by atoms with Gasteiger partial charge in [-0.05, 0) is 12.3 Å². The van der Waals surface area contributed by atoms with Crippen molar-refractivity contribution in [3.05, 3.63) is 12.2 Å². The Morgan fingerprint density at radius 3 is 2.94 bits per heavy atom. The second-order valence-electron chi connectivity index (χ2n) is 4.48. The standard InChI is InChI=1S/C14H21NO2/c1-3-4-5-6-11(2)13(16)9-7-12-8-10-14(17)15-12/h7,9,11-13,16H,3,6,8,10H2,1-2H3,(H,15,17)/b9-7+/t11-,12-,13+/m0/s1. The fourth-order valence-corrected chi connectivity index (χ4v) is 1.70. The molecule has 1 aliphatic rings. The highest BCUT2D eigenvalue weighted by Crippen LogP contribution is 2.12. The van der Waals surface area contributed by atoms with Crippen molar-refractivity contribution in [1.29, 1.82) is 0 Å². The van der Waals surface area contributed by atoms with Crippen molar-refractivity contribution in [3.8, 4) is 11.8 Å². The van der Waals surface area contributed by atoms with Crippen LogP contribution in [0.2, 0.25) is 0 Å². The zero-order valence-corrected chi connectivity index (χ0v) is 10.6. The van der Waals surface area contributed by atoms with Crippen molar-refractivity contribution in [1.82, 2.24) is 5.32 Å². The van der Waals surface area contributed by atoms with Gasteiger partial charge in [0.15, 0.2) is 0 Å². The largest absolute Gasteiger partial charge is 0.389 e. The number of rotatable bonds is 4. The molecule has 0 aliphatic carbocycles. The van der Waals surface area contributed by atoms with Gasteiger partial charge in [0.1, 0.15) is 0 Å². The minimum Gasteiger partial charge on any atom is -0.389 e. The first-order valence-corrected chi connectivity index (χ1v) is 6.25. The molecular weight excluding hydrogens is 214 g/mol. The fourth-order valence-electron chi connectivity index (χ4n) is 1.70. The quantitative estimate of drug-likeness (QED) is 0.574. The number of nitrogens with one attached hydrogen (secondary N) is 1. The molecule has 0 radical (unpaired) electrons. The van der Waals surface area contributed by atoms with E-state index in [4.69, 9.17) is 0 Å². The van der Waals surface area contributed by atoms with Crippen LogP contribution in [0, 0.1) is 17.8 Å². The van der Waals surface area contributed by atoms with Gasteiger partial charge in [-0.1, -0.05) is 26.0 Å². The number of amides is 1. The molecule has 2 N–H and O–H groups in total. The van der Waals surface area contributed by atoms with E-state index in [-0.39, 0.29) is 17.9 Å². The van der Waals surface area contributed by atoms with Gasteiger partial charge < -0.3 is 10.4 Å². The van der Waals surface area contributed by atoms with Gasteiger partial charge in [0.25, 0.3) is 0 Å². The Hall–Kier alpha value is -1.27. The van der Waals surface area contributed by atoms with Crippen LogP contribution in [0.5, 0.6) is 0 Å². The van der Waals surface area contributed by atoms with Crippen LogP contribution in [0.4, 0.5) is 0 Å². The van der Waals surface area contributed by atoms with E-state index >= 15 is 0 Å². The van der Waals surface area contributed by atoms with Crippen LogP contribution >= 0.6 is 0 Å². The van der Waals surface area contributed by atoms with Gasteiger partial charge in [0.2, 0.25) is 5.91 Å². The molecule has 94 valence electrons. The first-order valence-electron chi connectivity index (χ1n) is 6.25. The minimum absolute atomic E-state index is 0.0890.